The van der Waals surface area contributed by atoms with Crippen LogP contribution in [-0.2, 0) is 0 Å². The third-order valence-corrected chi connectivity index (χ3v) is 3.20. The normalized spacial score (nSPS) is 12.3. The summed E-state index contributed by atoms with van der Waals surface area (Å²) >= 11 is 0. The van der Waals surface area contributed by atoms with E-state index in [9.17, 15) is 0 Å². The van der Waals surface area contributed by atoms with Crippen LogP contribution in [0.15, 0.2) is 0 Å². The van der Waals surface area contributed by atoms with Crippen molar-refractivity contribution in [3.63, 3.8) is 0 Å². The Morgan fingerprint density at radius 3 is 2.43 bits per heavy atom. The Morgan fingerprint density at radius 1 is 1.14 bits per heavy atom. The molecule has 1 heterocycles. The summed E-state index contributed by atoms with van der Waals surface area (Å²) in [5, 5.41) is 3.20. The van der Waals surface area contributed by atoms with E-state index < -0.39 is 0 Å². The Bertz CT molecular complexity index is 425. The Balaban J connectivity index is 2.94. The minimum atomic E-state index is 0.362. The standard InChI is InChI=1S/C15H29N5O/c1-7-9-16-13-17-14(19-15(18-13)21-8-2)20(6)12(5)10-11(3)4/h11-12H,7-10H2,1-6H3,(H,16,17,18,19). The fourth-order valence-corrected chi connectivity index (χ4v) is 2.05. The highest BCUT2D eigenvalue weighted by Crippen LogP contribution is 2.19. The van der Waals surface area contributed by atoms with E-state index in [0.717, 1.165) is 19.4 Å². The van der Waals surface area contributed by atoms with Gasteiger partial charge in [0.15, 0.2) is 0 Å². The predicted octanol–water partition coefficient (Wildman–Crippen LogP) is 2.96. The molecule has 0 saturated carbocycles. The van der Waals surface area contributed by atoms with Crippen molar-refractivity contribution in [2.24, 2.45) is 5.92 Å². The maximum atomic E-state index is 5.45. The molecule has 0 fully saturated rings. The number of hydrogen-bond donors (Lipinski definition) is 1. The molecule has 6 heteroatoms. The summed E-state index contributed by atoms with van der Waals surface area (Å²) in [5.74, 6) is 1.86. The van der Waals surface area contributed by atoms with Crippen LogP contribution in [0.2, 0.25) is 0 Å². The third kappa shape index (κ3) is 5.73. The third-order valence-electron chi connectivity index (χ3n) is 3.20. The van der Waals surface area contributed by atoms with Crippen LogP contribution in [0.3, 0.4) is 0 Å². The molecule has 1 aromatic rings. The van der Waals surface area contributed by atoms with Crippen LogP contribution in [0.5, 0.6) is 6.01 Å². The molecule has 0 spiro atoms. The van der Waals surface area contributed by atoms with Crippen molar-refractivity contribution in [2.45, 2.75) is 53.5 Å². The van der Waals surface area contributed by atoms with Gasteiger partial charge >= 0.3 is 6.01 Å². The molecule has 120 valence electrons. The zero-order chi connectivity index (χ0) is 15.8. The second-order valence-corrected chi connectivity index (χ2v) is 5.69. The zero-order valence-corrected chi connectivity index (χ0v) is 14.2. The summed E-state index contributed by atoms with van der Waals surface area (Å²) in [6.07, 6.45) is 2.11. The van der Waals surface area contributed by atoms with Gasteiger partial charge in [-0.05, 0) is 32.6 Å². The van der Waals surface area contributed by atoms with Gasteiger partial charge in [0, 0.05) is 19.6 Å². The SMILES string of the molecule is CCCNc1nc(OCC)nc(N(C)C(C)CC(C)C)n1. The molecule has 0 aromatic carbocycles. The van der Waals surface area contributed by atoms with E-state index in [-0.39, 0.29) is 0 Å². The number of rotatable bonds is 9. The van der Waals surface area contributed by atoms with Crippen molar-refractivity contribution < 1.29 is 4.74 Å². The van der Waals surface area contributed by atoms with Gasteiger partial charge in [-0.25, -0.2) is 0 Å². The lowest BCUT2D eigenvalue weighted by Crippen LogP contribution is -2.32. The van der Waals surface area contributed by atoms with Gasteiger partial charge in [-0.15, -0.1) is 0 Å². The van der Waals surface area contributed by atoms with Crippen LogP contribution in [0.4, 0.5) is 11.9 Å². The van der Waals surface area contributed by atoms with Crippen LogP contribution in [0, 0.1) is 5.92 Å². The van der Waals surface area contributed by atoms with Gasteiger partial charge in [-0.2, -0.15) is 15.0 Å². The van der Waals surface area contributed by atoms with Crippen LogP contribution >= 0.6 is 0 Å². The molecule has 0 bridgehead atoms. The molecule has 1 atom stereocenters. The Hall–Kier alpha value is -1.59. The van der Waals surface area contributed by atoms with E-state index >= 15 is 0 Å². The largest absolute Gasteiger partial charge is 0.464 e. The minimum absolute atomic E-state index is 0.362. The molecule has 21 heavy (non-hydrogen) atoms. The van der Waals surface area contributed by atoms with Crippen molar-refractivity contribution in [2.75, 3.05) is 30.4 Å². The number of nitrogens with one attached hydrogen (secondary N) is 1. The monoisotopic (exact) mass is 295 g/mol. The Labute approximate surface area is 128 Å². The highest BCUT2D eigenvalue weighted by atomic mass is 16.5. The highest BCUT2D eigenvalue weighted by molar-refractivity contribution is 5.38. The van der Waals surface area contributed by atoms with E-state index in [1.54, 1.807) is 0 Å². The van der Waals surface area contributed by atoms with E-state index in [2.05, 4.69) is 52.9 Å². The fraction of sp³-hybridized carbons (Fsp3) is 0.800. The summed E-state index contributed by atoms with van der Waals surface area (Å²) in [7, 11) is 2.02. The second-order valence-electron chi connectivity index (χ2n) is 5.69. The number of ether oxygens (including phenoxy) is 1. The fourth-order valence-electron chi connectivity index (χ4n) is 2.05. The zero-order valence-electron chi connectivity index (χ0n) is 14.2. The van der Waals surface area contributed by atoms with Crippen LogP contribution < -0.4 is 15.0 Å². The molecule has 1 aromatic heterocycles. The van der Waals surface area contributed by atoms with Crippen molar-refractivity contribution in [3.05, 3.63) is 0 Å². The second kappa shape index (κ2) is 8.64. The average molecular weight is 295 g/mol. The number of hydrogen-bond acceptors (Lipinski definition) is 6. The number of nitrogens with zero attached hydrogens (tertiary/aromatic N) is 4. The molecular formula is C15H29N5O. The maximum absolute atomic E-state index is 5.45. The van der Waals surface area contributed by atoms with E-state index in [4.69, 9.17) is 4.74 Å². The molecule has 1 rings (SSSR count). The lowest BCUT2D eigenvalue weighted by Gasteiger charge is -2.26. The van der Waals surface area contributed by atoms with Crippen molar-refractivity contribution >= 4 is 11.9 Å². The summed E-state index contributed by atoms with van der Waals surface area (Å²) in [6, 6.07) is 0.741. The molecule has 0 saturated heterocycles. The quantitative estimate of drug-likeness (QED) is 0.755. The first-order valence-electron chi connectivity index (χ1n) is 7.83. The van der Waals surface area contributed by atoms with E-state index in [1.165, 1.54) is 0 Å². The molecular weight excluding hydrogens is 266 g/mol. The van der Waals surface area contributed by atoms with Crippen molar-refractivity contribution in [1.82, 2.24) is 15.0 Å². The van der Waals surface area contributed by atoms with Gasteiger partial charge in [0.2, 0.25) is 11.9 Å². The van der Waals surface area contributed by atoms with Crippen molar-refractivity contribution in [1.29, 1.82) is 0 Å². The molecule has 1 unspecified atom stereocenters. The number of aromatic nitrogens is 3. The van der Waals surface area contributed by atoms with E-state index in [0.29, 0.717) is 36.5 Å². The first-order chi connectivity index (χ1) is 9.97. The Kier molecular flexibility index (Phi) is 7.19. The Morgan fingerprint density at radius 2 is 1.86 bits per heavy atom. The van der Waals surface area contributed by atoms with Gasteiger partial charge in [0.25, 0.3) is 0 Å². The van der Waals surface area contributed by atoms with Gasteiger partial charge in [0.1, 0.15) is 0 Å². The molecule has 0 aliphatic rings. The number of anilines is 2. The molecule has 0 amide bonds. The average Bonchev–Trinajstić information content (AvgIpc) is 2.43. The van der Waals surface area contributed by atoms with Crippen LogP contribution in [-0.4, -0.2) is 41.2 Å². The van der Waals surface area contributed by atoms with Gasteiger partial charge in [-0.3, -0.25) is 0 Å². The minimum Gasteiger partial charge on any atom is -0.464 e. The van der Waals surface area contributed by atoms with Gasteiger partial charge < -0.3 is 15.0 Å². The first kappa shape index (κ1) is 17.5. The molecule has 0 radical (unpaired) electrons. The molecule has 0 aliphatic heterocycles. The van der Waals surface area contributed by atoms with Gasteiger partial charge in [-0.1, -0.05) is 20.8 Å². The summed E-state index contributed by atoms with van der Waals surface area (Å²) < 4.78 is 5.45. The smallest absolute Gasteiger partial charge is 0.323 e. The van der Waals surface area contributed by atoms with Crippen LogP contribution in [0.25, 0.3) is 0 Å². The lowest BCUT2D eigenvalue weighted by atomic mass is 10.0. The predicted molar refractivity (Wildman–Crippen MR) is 87.1 cm³/mol. The molecule has 6 nitrogen and oxygen atoms in total. The summed E-state index contributed by atoms with van der Waals surface area (Å²) in [5.41, 5.74) is 0. The topological polar surface area (TPSA) is 63.2 Å². The highest BCUT2D eigenvalue weighted by Gasteiger charge is 2.17. The first-order valence-corrected chi connectivity index (χ1v) is 7.83. The van der Waals surface area contributed by atoms with E-state index in [1.807, 2.05) is 14.0 Å². The van der Waals surface area contributed by atoms with Crippen LogP contribution in [0.1, 0.15) is 47.5 Å². The summed E-state index contributed by atoms with van der Waals surface area (Å²) in [4.78, 5) is 15.3. The lowest BCUT2D eigenvalue weighted by molar-refractivity contribution is 0.311. The van der Waals surface area contributed by atoms with Crippen molar-refractivity contribution in [3.8, 4) is 6.01 Å². The van der Waals surface area contributed by atoms with Gasteiger partial charge in [0.05, 0.1) is 6.61 Å². The molecule has 0 aliphatic carbocycles. The maximum Gasteiger partial charge on any atom is 0.323 e. The summed E-state index contributed by atoms with van der Waals surface area (Å²) in [6.45, 7) is 12.0. The molecule has 1 N–H and O–H groups in total.